The lowest BCUT2D eigenvalue weighted by Crippen LogP contribution is -2.01. The summed E-state index contributed by atoms with van der Waals surface area (Å²) in [5, 5.41) is 2.84. The highest BCUT2D eigenvalue weighted by atomic mass is 16.4. The van der Waals surface area contributed by atoms with Crippen molar-refractivity contribution in [2.75, 3.05) is 0 Å². The molecule has 0 amide bonds. The molecule has 0 aliphatic carbocycles. The van der Waals surface area contributed by atoms with E-state index in [1.807, 2.05) is 30.3 Å². The van der Waals surface area contributed by atoms with E-state index in [0.29, 0.717) is 30.0 Å². The Kier molecular flexibility index (Phi) is 5.85. The van der Waals surface area contributed by atoms with Crippen molar-refractivity contribution in [3.05, 3.63) is 101 Å². The molecule has 0 saturated carbocycles. The minimum absolute atomic E-state index is 0.0170. The van der Waals surface area contributed by atoms with Crippen molar-refractivity contribution in [2.24, 2.45) is 5.18 Å². The Labute approximate surface area is 173 Å². The molecule has 0 aliphatic rings. The van der Waals surface area contributed by atoms with Crippen LogP contribution >= 0.6 is 0 Å². The van der Waals surface area contributed by atoms with Crippen LogP contribution in [-0.4, -0.2) is 15.8 Å². The summed E-state index contributed by atoms with van der Waals surface area (Å²) in [5.41, 5.74) is 4.42. The summed E-state index contributed by atoms with van der Waals surface area (Å²) in [5.74, 6) is 0.282. The molecule has 0 radical (unpaired) electrons. The Morgan fingerprint density at radius 2 is 1.67 bits per heavy atom. The first-order valence-electron chi connectivity index (χ1n) is 9.62. The Morgan fingerprint density at radius 3 is 2.43 bits per heavy atom. The van der Waals surface area contributed by atoms with Crippen LogP contribution in [0.3, 0.4) is 0 Å². The van der Waals surface area contributed by atoms with Crippen LogP contribution in [0.5, 0.6) is 0 Å². The zero-order valence-corrected chi connectivity index (χ0v) is 16.2. The fourth-order valence-electron chi connectivity index (χ4n) is 3.15. The van der Waals surface area contributed by atoms with E-state index in [1.54, 1.807) is 18.2 Å². The molecule has 0 bridgehead atoms. The Hall–Kier alpha value is -3.93. The second kappa shape index (κ2) is 9.05. The minimum atomic E-state index is -0.168. The van der Waals surface area contributed by atoms with Gasteiger partial charge in [-0.1, -0.05) is 65.8 Å². The molecular weight excluding hydrogens is 378 g/mol. The van der Waals surface area contributed by atoms with E-state index in [0.717, 1.165) is 16.7 Å². The van der Waals surface area contributed by atoms with Crippen molar-refractivity contribution in [2.45, 2.75) is 19.4 Å². The highest BCUT2D eigenvalue weighted by Crippen LogP contribution is 2.22. The van der Waals surface area contributed by atoms with E-state index in [2.05, 4.69) is 39.4 Å². The third kappa shape index (κ3) is 4.55. The largest absolute Gasteiger partial charge is 0.432 e. The van der Waals surface area contributed by atoms with Gasteiger partial charge in [0.1, 0.15) is 12.2 Å². The third-order valence-electron chi connectivity index (χ3n) is 4.73. The highest BCUT2D eigenvalue weighted by molar-refractivity contribution is 5.92. The lowest BCUT2D eigenvalue weighted by atomic mass is 10.0. The van der Waals surface area contributed by atoms with Crippen LogP contribution in [0.2, 0.25) is 0 Å². The van der Waals surface area contributed by atoms with Gasteiger partial charge in [0.15, 0.2) is 5.76 Å². The number of aromatic nitrogens is 2. The maximum atomic E-state index is 12.5. The summed E-state index contributed by atoms with van der Waals surface area (Å²) in [4.78, 5) is 31.3. The number of oxazole rings is 1. The smallest absolute Gasteiger partial charge is 0.263 e. The standard InChI is InChI=1S/C24H19N3O3/c28-22(14-11-17-9-12-19(13-10-17)18-5-2-1-3-6-18)24-25-16-23(30-24)21-8-4-7-20(27-21)15-26-29/h1-10,12-13,16H,11,14-15H2. The zero-order valence-electron chi connectivity index (χ0n) is 16.2. The molecule has 6 nitrogen and oxygen atoms in total. The molecule has 0 fully saturated rings. The Morgan fingerprint density at radius 1 is 0.900 bits per heavy atom. The van der Waals surface area contributed by atoms with Crippen LogP contribution in [0.4, 0.5) is 0 Å². The van der Waals surface area contributed by atoms with Crippen LogP contribution in [0.15, 0.2) is 88.6 Å². The van der Waals surface area contributed by atoms with Gasteiger partial charge in [-0.3, -0.25) is 4.79 Å². The molecule has 0 unspecified atom stereocenters. The number of pyridine rings is 1. The minimum Gasteiger partial charge on any atom is -0.432 e. The number of nitroso groups, excluding NO2 is 1. The number of nitrogens with zero attached hydrogens (tertiary/aromatic N) is 3. The van der Waals surface area contributed by atoms with Gasteiger partial charge in [-0.05, 0) is 35.2 Å². The molecule has 0 atom stereocenters. The molecule has 2 aromatic carbocycles. The van der Waals surface area contributed by atoms with Crippen LogP contribution < -0.4 is 0 Å². The molecule has 4 aromatic rings. The normalized spacial score (nSPS) is 10.7. The number of rotatable bonds is 8. The predicted molar refractivity (Wildman–Crippen MR) is 114 cm³/mol. The lowest BCUT2D eigenvalue weighted by molar-refractivity contribution is 0.0950. The number of carbonyl (C=O) groups excluding carboxylic acids is 1. The summed E-state index contributed by atoms with van der Waals surface area (Å²) in [6, 6.07) is 23.5. The van der Waals surface area contributed by atoms with E-state index in [4.69, 9.17) is 4.42 Å². The monoisotopic (exact) mass is 397 g/mol. The fourth-order valence-corrected chi connectivity index (χ4v) is 3.15. The van der Waals surface area contributed by atoms with Crippen LogP contribution in [-0.2, 0) is 13.0 Å². The van der Waals surface area contributed by atoms with E-state index >= 15 is 0 Å². The highest BCUT2D eigenvalue weighted by Gasteiger charge is 2.15. The van der Waals surface area contributed by atoms with Crippen molar-refractivity contribution in [1.29, 1.82) is 0 Å². The van der Waals surface area contributed by atoms with Gasteiger partial charge in [-0.25, -0.2) is 9.97 Å². The predicted octanol–water partition coefficient (Wildman–Crippen LogP) is 5.49. The second-order valence-corrected chi connectivity index (χ2v) is 6.82. The van der Waals surface area contributed by atoms with Crippen molar-refractivity contribution in [1.82, 2.24) is 9.97 Å². The van der Waals surface area contributed by atoms with Crippen molar-refractivity contribution in [3.8, 4) is 22.6 Å². The number of ketones is 1. The van der Waals surface area contributed by atoms with Gasteiger partial charge in [0.2, 0.25) is 5.78 Å². The molecule has 2 aromatic heterocycles. The fraction of sp³-hybridized carbons (Fsp3) is 0.125. The molecule has 0 saturated heterocycles. The molecule has 0 aliphatic heterocycles. The van der Waals surface area contributed by atoms with Gasteiger partial charge >= 0.3 is 0 Å². The van der Waals surface area contributed by atoms with Crippen molar-refractivity contribution < 1.29 is 9.21 Å². The van der Waals surface area contributed by atoms with Gasteiger partial charge in [0, 0.05) is 6.42 Å². The summed E-state index contributed by atoms with van der Waals surface area (Å²) in [6.07, 6.45) is 2.37. The van der Waals surface area contributed by atoms with Gasteiger partial charge in [0.25, 0.3) is 5.89 Å². The average molecular weight is 397 g/mol. The van der Waals surface area contributed by atoms with Crippen LogP contribution in [0.25, 0.3) is 22.6 Å². The number of carbonyl (C=O) groups is 1. The number of benzene rings is 2. The molecule has 2 heterocycles. The third-order valence-corrected chi connectivity index (χ3v) is 4.73. The van der Waals surface area contributed by atoms with E-state index in [9.17, 15) is 9.70 Å². The van der Waals surface area contributed by atoms with Crippen molar-refractivity contribution in [3.63, 3.8) is 0 Å². The van der Waals surface area contributed by atoms with Gasteiger partial charge in [-0.2, -0.15) is 4.91 Å². The first-order valence-corrected chi connectivity index (χ1v) is 9.62. The van der Waals surface area contributed by atoms with Crippen LogP contribution in [0, 0.1) is 4.91 Å². The van der Waals surface area contributed by atoms with E-state index < -0.39 is 0 Å². The molecule has 148 valence electrons. The van der Waals surface area contributed by atoms with Crippen molar-refractivity contribution >= 4 is 5.78 Å². The Bertz CT molecular complexity index is 1150. The molecule has 6 heteroatoms. The van der Waals surface area contributed by atoms with Gasteiger partial charge < -0.3 is 4.42 Å². The average Bonchev–Trinajstić information content (AvgIpc) is 3.29. The molecular formula is C24H19N3O3. The van der Waals surface area contributed by atoms with Crippen LogP contribution in [0.1, 0.15) is 28.4 Å². The zero-order chi connectivity index (χ0) is 20.8. The second-order valence-electron chi connectivity index (χ2n) is 6.82. The van der Waals surface area contributed by atoms with E-state index in [1.165, 1.54) is 6.20 Å². The SMILES string of the molecule is O=NCc1cccc(-c2cnc(C(=O)CCc3ccc(-c4ccccc4)cc3)o2)n1. The quantitative estimate of drug-likeness (QED) is 0.290. The number of hydrogen-bond acceptors (Lipinski definition) is 6. The maximum absolute atomic E-state index is 12.5. The number of Topliss-reactive ketones (excluding diaryl/α,β-unsaturated/α-hetero) is 1. The Balaban J connectivity index is 1.39. The van der Waals surface area contributed by atoms with E-state index in [-0.39, 0.29) is 18.2 Å². The summed E-state index contributed by atoms with van der Waals surface area (Å²) < 4.78 is 5.60. The first-order chi connectivity index (χ1) is 14.7. The summed E-state index contributed by atoms with van der Waals surface area (Å²) in [6.45, 7) is -0.0170. The van der Waals surface area contributed by atoms with Gasteiger partial charge in [0.05, 0.1) is 11.9 Å². The first kappa shape index (κ1) is 19.4. The lowest BCUT2D eigenvalue weighted by Gasteiger charge is -2.04. The summed E-state index contributed by atoms with van der Waals surface area (Å²) >= 11 is 0. The molecule has 30 heavy (non-hydrogen) atoms. The molecule has 0 N–H and O–H groups in total. The molecule has 4 rings (SSSR count). The number of hydrogen-bond donors (Lipinski definition) is 0. The molecule has 0 spiro atoms. The maximum Gasteiger partial charge on any atom is 0.263 e. The topological polar surface area (TPSA) is 85.4 Å². The number of aryl methyl sites for hydroxylation is 1. The van der Waals surface area contributed by atoms with Gasteiger partial charge in [-0.15, -0.1) is 0 Å². The summed E-state index contributed by atoms with van der Waals surface area (Å²) in [7, 11) is 0.